The molecule has 0 aromatic heterocycles. The third-order valence-electron chi connectivity index (χ3n) is 4.56. The van der Waals surface area contributed by atoms with E-state index in [0.29, 0.717) is 5.56 Å². The molecular formula is C21H16F2N2O3S2. The van der Waals surface area contributed by atoms with Gasteiger partial charge in [0, 0.05) is 11.6 Å². The van der Waals surface area contributed by atoms with Crippen LogP contribution in [-0.2, 0) is 14.8 Å². The highest BCUT2D eigenvalue weighted by Gasteiger charge is 2.37. The molecule has 5 nitrogen and oxygen atoms in total. The summed E-state index contributed by atoms with van der Waals surface area (Å²) >= 11 is 1.21. The summed E-state index contributed by atoms with van der Waals surface area (Å²) in [7, 11) is -3.87. The van der Waals surface area contributed by atoms with Crippen LogP contribution in [0.15, 0.2) is 77.7 Å². The molecule has 1 aliphatic rings. The van der Waals surface area contributed by atoms with E-state index in [9.17, 15) is 22.0 Å². The lowest BCUT2D eigenvalue weighted by Gasteiger charge is -2.26. The molecule has 1 atom stereocenters. The Balaban J connectivity index is 1.74. The quantitative estimate of drug-likeness (QED) is 0.625. The van der Waals surface area contributed by atoms with E-state index >= 15 is 0 Å². The van der Waals surface area contributed by atoms with Crippen molar-refractivity contribution < 1.29 is 22.0 Å². The van der Waals surface area contributed by atoms with Gasteiger partial charge in [-0.05, 0) is 30.3 Å². The zero-order chi connectivity index (χ0) is 21.3. The number of nitrogens with one attached hydrogen (secondary N) is 1. The first-order chi connectivity index (χ1) is 14.4. The number of anilines is 2. The van der Waals surface area contributed by atoms with E-state index in [1.54, 1.807) is 42.5 Å². The zero-order valence-electron chi connectivity index (χ0n) is 15.5. The van der Waals surface area contributed by atoms with Gasteiger partial charge in [0.2, 0.25) is 5.91 Å². The molecule has 0 aliphatic carbocycles. The molecular weight excluding hydrogens is 430 g/mol. The molecule has 1 amide bonds. The van der Waals surface area contributed by atoms with E-state index < -0.39 is 32.9 Å². The molecule has 30 heavy (non-hydrogen) atoms. The Hall–Kier alpha value is -2.91. The molecule has 1 unspecified atom stereocenters. The number of rotatable bonds is 5. The second kappa shape index (κ2) is 8.08. The summed E-state index contributed by atoms with van der Waals surface area (Å²) in [4.78, 5) is 13.8. The number of halogens is 2. The van der Waals surface area contributed by atoms with Crippen LogP contribution in [0.2, 0.25) is 0 Å². The fourth-order valence-corrected chi connectivity index (χ4v) is 5.51. The fourth-order valence-electron chi connectivity index (χ4n) is 3.19. The highest BCUT2D eigenvalue weighted by molar-refractivity contribution is 8.00. The van der Waals surface area contributed by atoms with Gasteiger partial charge in [-0.25, -0.2) is 17.2 Å². The number of carbonyl (C=O) groups is 1. The van der Waals surface area contributed by atoms with Crippen LogP contribution in [0.4, 0.5) is 20.2 Å². The van der Waals surface area contributed by atoms with Gasteiger partial charge in [-0.1, -0.05) is 36.4 Å². The number of sulfonamides is 1. The molecule has 0 spiro atoms. The van der Waals surface area contributed by atoms with Crippen LogP contribution in [0.25, 0.3) is 0 Å². The predicted octanol–water partition coefficient (Wildman–Crippen LogP) is 4.54. The van der Waals surface area contributed by atoms with Crippen molar-refractivity contribution in [2.75, 3.05) is 15.4 Å². The van der Waals surface area contributed by atoms with E-state index in [0.717, 1.165) is 18.2 Å². The second-order valence-electron chi connectivity index (χ2n) is 6.53. The first kappa shape index (κ1) is 20.4. The van der Waals surface area contributed by atoms with Gasteiger partial charge in [-0.2, -0.15) is 0 Å². The molecule has 4 rings (SSSR count). The van der Waals surface area contributed by atoms with E-state index in [1.165, 1.54) is 28.8 Å². The number of benzene rings is 3. The highest BCUT2D eigenvalue weighted by Crippen LogP contribution is 2.45. The lowest BCUT2D eigenvalue weighted by Crippen LogP contribution is -2.29. The summed E-state index contributed by atoms with van der Waals surface area (Å²) in [5.41, 5.74) is 0.544. The Morgan fingerprint density at radius 2 is 1.67 bits per heavy atom. The van der Waals surface area contributed by atoms with Crippen molar-refractivity contribution in [3.8, 4) is 0 Å². The van der Waals surface area contributed by atoms with Crippen LogP contribution in [0, 0.1) is 11.6 Å². The van der Waals surface area contributed by atoms with Crippen molar-refractivity contribution in [2.45, 2.75) is 10.3 Å². The Morgan fingerprint density at radius 3 is 2.43 bits per heavy atom. The van der Waals surface area contributed by atoms with Gasteiger partial charge in [0.15, 0.2) is 0 Å². The molecule has 154 valence electrons. The van der Waals surface area contributed by atoms with Gasteiger partial charge in [-0.15, -0.1) is 11.8 Å². The van der Waals surface area contributed by atoms with Crippen molar-refractivity contribution in [1.82, 2.24) is 0 Å². The Kier molecular flexibility index (Phi) is 5.48. The Bertz CT molecular complexity index is 1200. The largest absolute Gasteiger partial charge is 0.292 e. The molecule has 3 aromatic rings. The van der Waals surface area contributed by atoms with E-state index in [4.69, 9.17) is 0 Å². The van der Waals surface area contributed by atoms with Crippen LogP contribution in [-0.4, -0.2) is 20.1 Å². The first-order valence-corrected chi connectivity index (χ1v) is 11.5. The first-order valence-electron chi connectivity index (χ1n) is 8.92. The number of para-hydroxylation sites is 1. The molecule has 3 aromatic carbocycles. The maximum Gasteiger partial charge on any atom is 0.261 e. The maximum atomic E-state index is 14.4. The number of carbonyl (C=O) groups excluding carboxylic acids is 1. The van der Waals surface area contributed by atoms with Crippen LogP contribution >= 0.6 is 11.8 Å². The van der Waals surface area contributed by atoms with Gasteiger partial charge >= 0.3 is 0 Å². The van der Waals surface area contributed by atoms with Crippen LogP contribution in [0.5, 0.6) is 0 Å². The highest BCUT2D eigenvalue weighted by atomic mass is 32.2. The van der Waals surface area contributed by atoms with Gasteiger partial charge < -0.3 is 0 Å². The second-order valence-corrected chi connectivity index (χ2v) is 9.28. The topological polar surface area (TPSA) is 66.5 Å². The predicted molar refractivity (Wildman–Crippen MR) is 113 cm³/mol. The minimum atomic E-state index is -3.87. The molecule has 1 N–H and O–H groups in total. The monoisotopic (exact) mass is 446 g/mol. The molecule has 9 heteroatoms. The Morgan fingerprint density at radius 1 is 0.967 bits per heavy atom. The molecule has 1 heterocycles. The van der Waals surface area contributed by atoms with Crippen molar-refractivity contribution in [3.05, 3.63) is 90.0 Å². The molecule has 1 saturated heterocycles. The molecule has 1 aliphatic heterocycles. The van der Waals surface area contributed by atoms with Crippen molar-refractivity contribution in [2.24, 2.45) is 0 Å². The number of hydrogen-bond acceptors (Lipinski definition) is 4. The Labute approximate surface area is 176 Å². The normalized spacial score (nSPS) is 16.7. The summed E-state index contributed by atoms with van der Waals surface area (Å²) in [6.45, 7) is 0. The summed E-state index contributed by atoms with van der Waals surface area (Å²) in [6, 6.07) is 17.3. The smallest absolute Gasteiger partial charge is 0.261 e. The minimum Gasteiger partial charge on any atom is -0.292 e. The van der Waals surface area contributed by atoms with E-state index in [1.807, 2.05) is 0 Å². The molecule has 0 radical (unpaired) electrons. The average molecular weight is 447 g/mol. The zero-order valence-corrected chi connectivity index (χ0v) is 17.1. The van der Waals surface area contributed by atoms with E-state index in [-0.39, 0.29) is 22.0 Å². The summed E-state index contributed by atoms with van der Waals surface area (Å²) < 4.78 is 56.2. The molecule has 0 saturated carbocycles. The van der Waals surface area contributed by atoms with Gasteiger partial charge in [-0.3, -0.25) is 14.4 Å². The summed E-state index contributed by atoms with van der Waals surface area (Å²) in [6.07, 6.45) is 0. The minimum absolute atomic E-state index is 0.0559. The third-order valence-corrected chi connectivity index (χ3v) is 7.14. The van der Waals surface area contributed by atoms with Gasteiger partial charge in [0.05, 0.1) is 22.0 Å². The van der Waals surface area contributed by atoms with Gasteiger partial charge in [0.1, 0.15) is 17.0 Å². The fraction of sp³-hybridized carbons (Fsp3) is 0.0952. The molecule has 0 bridgehead atoms. The SMILES string of the molecule is O=C1CSC(c2ccccc2NS(=O)(=O)c2ccccc2)N1c1cc(F)ccc1F. The molecule has 1 fully saturated rings. The van der Waals surface area contributed by atoms with Crippen LogP contribution < -0.4 is 9.62 Å². The standard InChI is InChI=1S/C21H16F2N2O3S2/c22-14-10-11-17(23)19(12-14)25-20(26)13-29-21(25)16-8-4-5-9-18(16)24-30(27,28)15-6-2-1-3-7-15/h1-12,21,24H,13H2. The number of amides is 1. The van der Waals surface area contributed by atoms with Crippen molar-refractivity contribution >= 4 is 39.1 Å². The number of hydrogen-bond donors (Lipinski definition) is 1. The van der Waals surface area contributed by atoms with Crippen LogP contribution in [0.3, 0.4) is 0 Å². The van der Waals surface area contributed by atoms with Crippen molar-refractivity contribution in [3.63, 3.8) is 0 Å². The van der Waals surface area contributed by atoms with Crippen LogP contribution in [0.1, 0.15) is 10.9 Å². The lowest BCUT2D eigenvalue weighted by atomic mass is 10.1. The lowest BCUT2D eigenvalue weighted by molar-refractivity contribution is -0.115. The van der Waals surface area contributed by atoms with E-state index in [2.05, 4.69) is 4.72 Å². The number of nitrogens with zero attached hydrogens (tertiary/aromatic N) is 1. The number of thioether (sulfide) groups is 1. The average Bonchev–Trinajstić information content (AvgIpc) is 3.11. The maximum absolute atomic E-state index is 14.4. The van der Waals surface area contributed by atoms with Gasteiger partial charge in [0.25, 0.3) is 10.0 Å². The van der Waals surface area contributed by atoms with Crippen molar-refractivity contribution in [1.29, 1.82) is 0 Å². The third kappa shape index (κ3) is 3.90. The summed E-state index contributed by atoms with van der Waals surface area (Å²) in [5, 5.41) is -0.719. The summed E-state index contributed by atoms with van der Waals surface area (Å²) in [5.74, 6) is -1.75.